The molecule has 1 aliphatic rings. The van der Waals surface area contributed by atoms with Gasteiger partial charge >= 0.3 is 0 Å². The maximum atomic E-state index is 5.61. The Morgan fingerprint density at radius 2 is 2.69 bits per heavy atom. The van der Waals surface area contributed by atoms with Gasteiger partial charge in [0.15, 0.2) is 0 Å². The van der Waals surface area contributed by atoms with Crippen LogP contribution in [0.2, 0.25) is 0 Å². The number of nitrogens with one attached hydrogen (secondary N) is 2. The molecule has 0 saturated carbocycles. The highest BCUT2D eigenvalue weighted by Gasteiger charge is 2.13. The van der Waals surface area contributed by atoms with E-state index < -0.39 is 0 Å². The van der Waals surface area contributed by atoms with Crippen molar-refractivity contribution < 1.29 is 4.74 Å². The lowest BCUT2D eigenvalue weighted by molar-refractivity contribution is 0.0292. The van der Waals surface area contributed by atoms with Gasteiger partial charge in [-0.3, -0.25) is 0 Å². The lowest BCUT2D eigenvalue weighted by atomic mass is 10.2. The summed E-state index contributed by atoms with van der Waals surface area (Å²) in [6.07, 6.45) is 2.18. The van der Waals surface area contributed by atoms with Crippen molar-refractivity contribution in [3.8, 4) is 0 Å². The van der Waals surface area contributed by atoms with Crippen molar-refractivity contribution in [3.63, 3.8) is 0 Å². The first-order valence-electron chi connectivity index (χ1n) is 5.78. The molecule has 1 aromatic heterocycles. The lowest BCUT2D eigenvalue weighted by Gasteiger charge is -2.24. The fraction of sp³-hybridized carbons (Fsp3) is 0.727. The Morgan fingerprint density at radius 1 is 1.75 bits per heavy atom. The molecule has 2 N–H and O–H groups in total. The molecule has 1 aliphatic heterocycles. The monoisotopic (exact) mass is 241 g/mol. The third kappa shape index (κ3) is 3.52. The van der Waals surface area contributed by atoms with Gasteiger partial charge in [0.25, 0.3) is 0 Å². The van der Waals surface area contributed by atoms with Crippen molar-refractivity contribution in [1.82, 2.24) is 15.6 Å². The van der Waals surface area contributed by atoms with Crippen LogP contribution < -0.4 is 10.6 Å². The van der Waals surface area contributed by atoms with Crippen molar-refractivity contribution in [2.45, 2.75) is 18.9 Å². The van der Waals surface area contributed by atoms with Gasteiger partial charge in [-0.05, 0) is 0 Å². The fourth-order valence-corrected chi connectivity index (χ4v) is 2.48. The molecule has 2 unspecified atom stereocenters. The van der Waals surface area contributed by atoms with Gasteiger partial charge < -0.3 is 15.4 Å². The first-order valence-corrected chi connectivity index (χ1v) is 6.66. The van der Waals surface area contributed by atoms with Crippen molar-refractivity contribution in [3.05, 3.63) is 16.6 Å². The van der Waals surface area contributed by atoms with Gasteiger partial charge in [0, 0.05) is 43.7 Å². The van der Waals surface area contributed by atoms with Crippen LogP contribution in [0.25, 0.3) is 0 Å². The number of thiazole rings is 1. The summed E-state index contributed by atoms with van der Waals surface area (Å²) in [5.41, 5.74) is 0. The quantitative estimate of drug-likeness (QED) is 0.801. The second-order valence-corrected chi connectivity index (χ2v) is 5.05. The minimum absolute atomic E-state index is 0.317. The number of hydrogen-bond acceptors (Lipinski definition) is 5. The van der Waals surface area contributed by atoms with E-state index in [2.05, 4.69) is 22.5 Å². The van der Waals surface area contributed by atoms with Gasteiger partial charge in [0.05, 0.1) is 17.7 Å². The normalized spacial score (nSPS) is 23.2. The van der Waals surface area contributed by atoms with E-state index in [9.17, 15) is 0 Å². The van der Waals surface area contributed by atoms with E-state index in [-0.39, 0.29) is 0 Å². The smallest absolute Gasteiger partial charge is 0.0965 e. The third-order valence-corrected chi connectivity index (χ3v) is 3.71. The summed E-state index contributed by atoms with van der Waals surface area (Å²) in [6, 6.07) is 0. The Bertz CT molecular complexity index is 285. The Balaban J connectivity index is 1.63. The van der Waals surface area contributed by atoms with Gasteiger partial charge in [-0.15, -0.1) is 11.3 Å². The standard InChI is InChI=1S/C11H19N3OS/c1-9(11-14-3-5-16-11)6-13-8-10-7-12-2-4-15-10/h3,5,9-10,12-13H,2,4,6-8H2,1H3. The second kappa shape index (κ2) is 6.30. The molecule has 0 radical (unpaired) electrons. The SMILES string of the molecule is CC(CNCC1CNCCO1)c1nccs1. The molecule has 1 saturated heterocycles. The highest BCUT2D eigenvalue weighted by Crippen LogP contribution is 2.16. The highest BCUT2D eigenvalue weighted by molar-refractivity contribution is 7.09. The van der Waals surface area contributed by atoms with Crippen LogP contribution in [0.4, 0.5) is 0 Å². The number of rotatable bonds is 5. The van der Waals surface area contributed by atoms with Crippen LogP contribution in [0.3, 0.4) is 0 Å². The molecule has 0 spiro atoms. The Labute approximate surface area is 100 Å². The Morgan fingerprint density at radius 3 is 3.38 bits per heavy atom. The summed E-state index contributed by atoms with van der Waals surface area (Å²) >= 11 is 1.72. The number of ether oxygens (including phenoxy) is 1. The molecular formula is C11H19N3OS. The average Bonchev–Trinajstić information content (AvgIpc) is 2.84. The van der Waals surface area contributed by atoms with Crippen molar-refractivity contribution in [2.24, 2.45) is 0 Å². The van der Waals surface area contributed by atoms with Gasteiger partial charge in [-0.1, -0.05) is 6.92 Å². The summed E-state index contributed by atoms with van der Waals surface area (Å²) in [5, 5.41) is 10.0. The highest BCUT2D eigenvalue weighted by atomic mass is 32.1. The molecule has 4 nitrogen and oxygen atoms in total. The van der Waals surface area contributed by atoms with E-state index in [4.69, 9.17) is 4.74 Å². The molecule has 0 bridgehead atoms. The van der Waals surface area contributed by atoms with Crippen LogP contribution >= 0.6 is 11.3 Å². The molecule has 16 heavy (non-hydrogen) atoms. The van der Waals surface area contributed by atoms with Crippen LogP contribution in [0.15, 0.2) is 11.6 Å². The molecule has 0 amide bonds. The number of aromatic nitrogens is 1. The summed E-state index contributed by atoms with van der Waals surface area (Å²) < 4.78 is 5.61. The van der Waals surface area contributed by atoms with Gasteiger partial charge in [0.2, 0.25) is 0 Å². The number of morpholine rings is 1. The van der Waals surface area contributed by atoms with E-state index >= 15 is 0 Å². The Hall–Kier alpha value is -0.490. The molecule has 2 rings (SSSR count). The first kappa shape index (κ1) is 12.0. The van der Waals surface area contributed by atoms with E-state index in [0.29, 0.717) is 12.0 Å². The molecule has 1 fully saturated rings. The van der Waals surface area contributed by atoms with E-state index in [1.807, 2.05) is 11.6 Å². The molecule has 0 aromatic carbocycles. The largest absolute Gasteiger partial charge is 0.374 e. The summed E-state index contributed by atoms with van der Waals surface area (Å²) in [5.74, 6) is 0.483. The molecule has 2 heterocycles. The van der Waals surface area contributed by atoms with Crippen LogP contribution in [0, 0.1) is 0 Å². The molecule has 5 heteroatoms. The third-order valence-electron chi connectivity index (χ3n) is 2.70. The van der Waals surface area contributed by atoms with Crippen molar-refractivity contribution >= 4 is 11.3 Å². The van der Waals surface area contributed by atoms with Crippen LogP contribution in [-0.4, -0.2) is 43.9 Å². The van der Waals surface area contributed by atoms with E-state index in [0.717, 1.165) is 32.8 Å². The average molecular weight is 241 g/mol. The zero-order chi connectivity index (χ0) is 11.2. The molecular weight excluding hydrogens is 222 g/mol. The minimum atomic E-state index is 0.317. The second-order valence-electron chi connectivity index (χ2n) is 4.13. The summed E-state index contributed by atoms with van der Waals surface area (Å²) in [6.45, 7) is 6.85. The van der Waals surface area contributed by atoms with Crippen molar-refractivity contribution in [2.75, 3.05) is 32.8 Å². The molecule has 0 aliphatic carbocycles. The van der Waals surface area contributed by atoms with Gasteiger partial charge in [0.1, 0.15) is 0 Å². The topological polar surface area (TPSA) is 46.2 Å². The summed E-state index contributed by atoms with van der Waals surface area (Å²) in [7, 11) is 0. The number of hydrogen-bond donors (Lipinski definition) is 2. The Kier molecular flexibility index (Phi) is 4.71. The minimum Gasteiger partial charge on any atom is -0.374 e. The predicted octanol–water partition coefficient (Wildman–Crippen LogP) is 0.825. The number of nitrogens with zero attached hydrogens (tertiary/aromatic N) is 1. The van der Waals surface area contributed by atoms with Crippen LogP contribution in [0.1, 0.15) is 17.8 Å². The molecule has 90 valence electrons. The zero-order valence-corrected chi connectivity index (χ0v) is 10.4. The van der Waals surface area contributed by atoms with Gasteiger partial charge in [-0.25, -0.2) is 4.98 Å². The summed E-state index contributed by atoms with van der Waals surface area (Å²) in [4.78, 5) is 4.32. The van der Waals surface area contributed by atoms with E-state index in [1.165, 1.54) is 5.01 Å². The molecule has 1 aromatic rings. The fourth-order valence-electron chi connectivity index (χ4n) is 1.78. The predicted molar refractivity (Wildman–Crippen MR) is 66.0 cm³/mol. The van der Waals surface area contributed by atoms with Crippen LogP contribution in [-0.2, 0) is 4.74 Å². The van der Waals surface area contributed by atoms with Crippen LogP contribution in [0.5, 0.6) is 0 Å². The lowest BCUT2D eigenvalue weighted by Crippen LogP contribution is -2.44. The maximum absolute atomic E-state index is 5.61. The molecule has 2 atom stereocenters. The maximum Gasteiger partial charge on any atom is 0.0965 e. The zero-order valence-electron chi connectivity index (χ0n) is 9.61. The van der Waals surface area contributed by atoms with E-state index in [1.54, 1.807) is 11.3 Å². The van der Waals surface area contributed by atoms with Crippen molar-refractivity contribution in [1.29, 1.82) is 0 Å². The first-order chi connectivity index (χ1) is 7.86. The van der Waals surface area contributed by atoms with Gasteiger partial charge in [-0.2, -0.15) is 0 Å².